The summed E-state index contributed by atoms with van der Waals surface area (Å²) in [4.78, 5) is 2.36. The zero-order valence-electron chi connectivity index (χ0n) is 12.9. The van der Waals surface area contributed by atoms with Gasteiger partial charge in [-0.25, -0.2) is 0 Å². The lowest BCUT2D eigenvalue weighted by Gasteiger charge is -2.27. The smallest absolute Gasteiger partial charge is 0.227 e. The molecule has 2 aromatic rings. The molecule has 21 heavy (non-hydrogen) atoms. The Bertz CT molecular complexity index is 622. The molecule has 1 aromatic heterocycles. The standard InChI is InChI=1S/C16H22N4O/c1-4-19-12(2)17-18-16(19)20-11-7-9-14(20)13-8-5-6-10-15(13)21-3/h5-6,8,10,14H,4,7,9,11H2,1-3H3. The van der Waals surface area contributed by atoms with Gasteiger partial charge in [0, 0.05) is 18.7 Å². The number of anilines is 1. The van der Waals surface area contributed by atoms with Crippen LogP contribution in [-0.2, 0) is 6.54 Å². The van der Waals surface area contributed by atoms with Crippen LogP contribution >= 0.6 is 0 Å². The first kappa shape index (κ1) is 13.9. The maximum absolute atomic E-state index is 5.53. The Morgan fingerprint density at radius 2 is 2.10 bits per heavy atom. The Balaban J connectivity index is 1.99. The van der Waals surface area contributed by atoms with Gasteiger partial charge in [0.05, 0.1) is 13.2 Å². The number of ether oxygens (including phenoxy) is 1. The van der Waals surface area contributed by atoms with Gasteiger partial charge in [0.25, 0.3) is 0 Å². The molecular weight excluding hydrogens is 264 g/mol. The van der Waals surface area contributed by atoms with Crippen molar-refractivity contribution in [2.75, 3.05) is 18.6 Å². The molecule has 1 unspecified atom stereocenters. The van der Waals surface area contributed by atoms with Gasteiger partial charge in [-0.3, -0.25) is 4.57 Å². The summed E-state index contributed by atoms with van der Waals surface area (Å²) < 4.78 is 7.71. The highest BCUT2D eigenvalue weighted by Gasteiger charge is 2.31. The third-order valence-corrected chi connectivity index (χ3v) is 4.24. The van der Waals surface area contributed by atoms with Crippen molar-refractivity contribution < 1.29 is 4.74 Å². The van der Waals surface area contributed by atoms with E-state index in [1.165, 1.54) is 12.0 Å². The first-order valence-corrected chi connectivity index (χ1v) is 7.55. The molecule has 1 aromatic carbocycles. The number of para-hydroxylation sites is 1. The lowest BCUT2D eigenvalue weighted by molar-refractivity contribution is 0.405. The minimum absolute atomic E-state index is 0.315. The van der Waals surface area contributed by atoms with E-state index in [-0.39, 0.29) is 0 Å². The van der Waals surface area contributed by atoms with Gasteiger partial charge in [0.15, 0.2) is 0 Å². The van der Waals surface area contributed by atoms with E-state index in [1.807, 2.05) is 19.1 Å². The molecule has 1 aliphatic rings. The van der Waals surface area contributed by atoms with Gasteiger partial charge < -0.3 is 9.64 Å². The van der Waals surface area contributed by atoms with Crippen molar-refractivity contribution in [3.63, 3.8) is 0 Å². The van der Waals surface area contributed by atoms with Gasteiger partial charge in [-0.05, 0) is 32.8 Å². The Labute approximate surface area is 125 Å². The molecule has 0 radical (unpaired) electrons. The topological polar surface area (TPSA) is 43.2 Å². The van der Waals surface area contributed by atoms with Crippen LogP contribution in [-0.4, -0.2) is 28.4 Å². The Morgan fingerprint density at radius 1 is 1.29 bits per heavy atom. The summed E-state index contributed by atoms with van der Waals surface area (Å²) in [7, 11) is 1.73. The van der Waals surface area contributed by atoms with Crippen LogP contribution in [0.3, 0.4) is 0 Å². The highest BCUT2D eigenvalue weighted by atomic mass is 16.5. The van der Waals surface area contributed by atoms with E-state index in [1.54, 1.807) is 7.11 Å². The number of aryl methyl sites for hydroxylation is 1. The highest BCUT2D eigenvalue weighted by molar-refractivity contribution is 5.44. The fraction of sp³-hybridized carbons (Fsp3) is 0.500. The maximum Gasteiger partial charge on any atom is 0.227 e. The number of hydrogen-bond acceptors (Lipinski definition) is 4. The third-order valence-electron chi connectivity index (χ3n) is 4.24. The molecule has 1 aliphatic heterocycles. The van der Waals surface area contributed by atoms with Crippen LogP contribution in [0.15, 0.2) is 24.3 Å². The van der Waals surface area contributed by atoms with E-state index < -0.39 is 0 Å². The second-order valence-electron chi connectivity index (χ2n) is 5.38. The molecular formula is C16H22N4O. The molecule has 0 N–H and O–H groups in total. The Morgan fingerprint density at radius 3 is 2.86 bits per heavy atom. The van der Waals surface area contributed by atoms with Crippen molar-refractivity contribution in [2.24, 2.45) is 0 Å². The van der Waals surface area contributed by atoms with Crippen LogP contribution in [0, 0.1) is 6.92 Å². The number of methoxy groups -OCH3 is 1. The largest absolute Gasteiger partial charge is 0.496 e. The number of rotatable bonds is 4. The van der Waals surface area contributed by atoms with Crippen LogP contribution in [0.4, 0.5) is 5.95 Å². The molecule has 1 saturated heterocycles. The minimum Gasteiger partial charge on any atom is -0.496 e. The van der Waals surface area contributed by atoms with Crippen molar-refractivity contribution in [3.8, 4) is 5.75 Å². The summed E-state index contributed by atoms with van der Waals surface area (Å²) in [5.41, 5.74) is 1.24. The number of nitrogens with zero attached hydrogens (tertiary/aromatic N) is 4. The predicted molar refractivity (Wildman–Crippen MR) is 82.7 cm³/mol. The fourth-order valence-electron chi connectivity index (χ4n) is 3.22. The molecule has 112 valence electrons. The Hall–Kier alpha value is -2.04. The summed E-state index contributed by atoms with van der Waals surface area (Å²) in [6.45, 7) is 6.05. The van der Waals surface area contributed by atoms with E-state index in [2.05, 4.69) is 38.7 Å². The van der Waals surface area contributed by atoms with E-state index in [0.717, 1.165) is 37.0 Å². The summed E-state index contributed by atoms with van der Waals surface area (Å²) in [5.74, 6) is 2.90. The van der Waals surface area contributed by atoms with Crippen molar-refractivity contribution in [2.45, 2.75) is 39.3 Å². The molecule has 2 heterocycles. The third kappa shape index (κ3) is 2.37. The average molecular weight is 286 g/mol. The molecule has 5 nitrogen and oxygen atoms in total. The first-order chi connectivity index (χ1) is 10.3. The van der Waals surface area contributed by atoms with E-state index in [4.69, 9.17) is 4.74 Å². The molecule has 5 heteroatoms. The van der Waals surface area contributed by atoms with E-state index in [9.17, 15) is 0 Å². The molecule has 3 rings (SSSR count). The van der Waals surface area contributed by atoms with Crippen molar-refractivity contribution in [1.29, 1.82) is 0 Å². The summed E-state index contributed by atoms with van der Waals surface area (Å²) in [6.07, 6.45) is 2.29. The fourth-order valence-corrected chi connectivity index (χ4v) is 3.22. The first-order valence-electron chi connectivity index (χ1n) is 7.55. The molecule has 1 atom stereocenters. The summed E-state index contributed by atoms with van der Waals surface area (Å²) in [5, 5.41) is 8.64. The van der Waals surface area contributed by atoms with Crippen LogP contribution in [0.2, 0.25) is 0 Å². The van der Waals surface area contributed by atoms with Crippen LogP contribution in [0.25, 0.3) is 0 Å². The molecule has 0 saturated carbocycles. The van der Waals surface area contributed by atoms with Gasteiger partial charge in [-0.2, -0.15) is 0 Å². The van der Waals surface area contributed by atoms with Crippen molar-refractivity contribution in [1.82, 2.24) is 14.8 Å². The van der Waals surface area contributed by atoms with E-state index in [0.29, 0.717) is 6.04 Å². The zero-order chi connectivity index (χ0) is 14.8. The molecule has 1 fully saturated rings. The second-order valence-corrected chi connectivity index (χ2v) is 5.38. The van der Waals surface area contributed by atoms with Gasteiger partial charge in [-0.15, -0.1) is 10.2 Å². The summed E-state index contributed by atoms with van der Waals surface area (Å²) >= 11 is 0. The molecule has 0 amide bonds. The van der Waals surface area contributed by atoms with Crippen LogP contribution in [0.5, 0.6) is 5.75 Å². The van der Waals surface area contributed by atoms with Crippen LogP contribution < -0.4 is 9.64 Å². The van der Waals surface area contributed by atoms with Crippen molar-refractivity contribution in [3.05, 3.63) is 35.7 Å². The minimum atomic E-state index is 0.315. The second kappa shape index (κ2) is 5.76. The summed E-state index contributed by atoms with van der Waals surface area (Å²) in [6, 6.07) is 8.59. The lowest BCUT2D eigenvalue weighted by Crippen LogP contribution is -2.26. The molecule has 0 bridgehead atoms. The van der Waals surface area contributed by atoms with Gasteiger partial charge in [0.1, 0.15) is 11.6 Å². The number of aromatic nitrogens is 3. The lowest BCUT2D eigenvalue weighted by atomic mass is 10.0. The highest BCUT2D eigenvalue weighted by Crippen LogP contribution is 2.39. The van der Waals surface area contributed by atoms with Gasteiger partial charge in [-0.1, -0.05) is 18.2 Å². The number of benzene rings is 1. The molecule has 0 spiro atoms. The van der Waals surface area contributed by atoms with Crippen LogP contribution in [0.1, 0.15) is 37.2 Å². The number of hydrogen-bond donors (Lipinski definition) is 0. The SMILES string of the molecule is CCn1c(C)nnc1N1CCCC1c1ccccc1OC. The van der Waals surface area contributed by atoms with Gasteiger partial charge >= 0.3 is 0 Å². The van der Waals surface area contributed by atoms with E-state index >= 15 is 0 Å². The maximum atomic E-state index is 5.53. The predicted octanol–water partition coefficient (Wildman–Crippen LogP) is 2.96. The average Bonchev–Trinajstić information content (AvgIpc) is 3.12. The normalized spacial score (nSPS) is 18.2. The Kier molecular flexibility index (Phi) is 3.82. The quantitative estimate of drug-likeness (QED) is 0.866. The molecule has 0 aliphatic carbocycles. The van der Waals surface area contributed by atoms with Gasteiger partial charge in [0.2, 0.25) is 5.95 Å². The van der Waals surface area contributed by atoms with Crippen molar-refractivity contribution >= 4 is 5.95 Å². The monoisotopic (exact) mass is 286 g/mol. The zero-order valence-corrected chi connectivity index (χ0v) is 12.9.